The maximum atomic E-state index is 4.13. The lowest BCUT2D eigenvalue weighted by molar-refractivity contribution is 0.921. The second-order valence-corrected chi connectivity index (χ2v) is 3.54. The highest BCUT2D eigenvalue weighted by Crippen LogP contribution is 2.07. The summed E-state index contributed by atoms with van der Waals surface area (Å²) in [6.07, 6.45) is 6.98. The minimum Gasteiger partial charge on any atom is -0.274 e. The first-order valence-corrected chi connectivity index (χ1v) is 4.53. The molecule has 0 aromatic carbocycles. The molecule has 0 saturated heterocycles. The van der Waals surface area contributed by atoms with Gasteiger partial charge in [-0.2, -0.15) is 0 Å². The van der Waals surface area contributed by atoms with E-state index >= 15 is 0 Å². The summed E-state index contributed by atoms with van der Waals surface area (Å²) in [6, 6.07) is 0. The van der Waals surface area contributed by atoms with Crippen molar-refractivity contribution >= 4 is 15.9 Å². The van der Waals surface area contributed by atoms with E-state index < -0.39 is 0 Å². The van der Waals surface area contributed by atoms with Crippen molar-refractivity contribution in [1.82, 2.24) is 19.5 Å². The third kappa shape index (κ3) is 1.75. The highest BCUT2D eigenvalue weighted by molar-refractivity contribution is 9.10. The Kier molecular flexibility index (Phi) is 2.10. The zero-order chi connectivity index (χ0) is 9.26. The minimum absolute atomic E-state index is 0.629. The van der Waals surface area contributed by atoms with Gasteiger partial charge in [-0.25, -0.2) is 15.0 Å². The second kappa shape index (κ2) is 3.26. The molecule has 2 aromatic rings. The van der Waals surface area contributed by atoms with E-state index in [9.17, 15) is 0 Å². The van der Waals surface area contributed by atoms with Crippen molar-refractivity contribution in [3.05, 3.63) is 35.1 Å². The Morgan fingerprint density at radius 3 is 2.46 bits per heavy atom. The van der Waals surface area contributed by atoms with Crippen LogP contribution in [0.15, 0.2) is 29.4 Å². The topological polar surface area (TPSA) is 43.6 Å². The van der Waals surface area contributed by atoms with E-state index in [0.29, 0.717) is 5.95 Å². The molecule has 0 aliphatic carbocycles. The third-order valence-electron chi connectivity index (χ3n) is 1.55. The molecule has 0 bridgehead atoms. The number of rotatable bonds is 1. The molecule has 2 rings (SSSR count). The summed E-state index contributed by atoms with van der Waals surface area (Å²) in [5.41, 5.74) is 0.950. The third-order valence-corrected chi connectivity index (χ3v) is 1.96. The molecule has 0 unspecified atom stereocenters. The molecule has 0 N–H and O–H groups in total. The van der Waals surface area contributed by atoms with Gasteiger partial charge in [-0.05, 0) is 22.9 Å². The molecule has 0 radical (unpaired) electrons. The highest BCUT2D eigenvalue weighted by atomic mass is 79.9. The van der Waals surface area contributed by atoms with Crippen LogP contribution in [0, 0.1) is 6.92 Å². The van der Waals surface area contributed by atoms with Gasteiger partial charge in [-0.1, -0.05) is 0 Å². The van der Waals surface area contributed by atoms with Gasteiger partial charge in [0.05, 0.1) is 10.2 Å². The van der Waals surface area contributed by atoms with Gasteiger partial charge in [-0.3, -0.25) is 4.57 Å². The monoisotopic (exact) mass is 238 g/mol. The summed E-state index contributed by atoms with van der Waals surface area (Å²) in [4.78, 5) is 12.3. The lowest BCUT2D eigenvalue weighted by Crippen LogP contribution is -1.96. The van der Waals surface area contributed by atoms with Crippen molar-refractivity contribution in [2.24, 2.45) is 0 Å². The second-order valence-electron chi connectivity index (χ2n) is 2.62. The quantitative estimate of drug-likeness (QED) is 0.761. The van der Waals surface area contributed by atoms with Crippen LogP contribution < -0.4 is 0 Å². The average molecular weight is 239 g/mol. The number of imidazole rings is 1. The van der Waals surface area contributed by atoms with E-state index in [1.54, 1.807) is 23.3 Å². The lowest BCUT2D eigenvalue weighted by atomic mass is 10.6. The molecule has 2 aromatic heterocycles. The zero-order valence-corrected chi connectivity index (χ0v) is 8.56. The van der Waals surface area contributed by atoms with Gasteiger partial charge in [0.25, 0.3) is 0 Å². The number of hydrogen-bond acceptors (Lipinski definition) is 3. The van der Waals surface area contributed by atoms with Crippen LogP contribution in [0.4, 0.5) is 0 Å². The summed E-state index contributed by atoms with van der Waals surface area (Å²) in [7, 11) is 0. The smallest absolute Gasteiger partial charge is 0.234 e. The van der Waals surface area contributed by atoms with Crippen LogP contribution in [-0.4, -0.2) is 19.5 Å². The van der Waals surface area contributed by atoms with E-state index in [1.165, 1.54) is 0 Å². The number of hydrogen-bond donors (Lipinski definition) is 0. The van der Waals surface area contributed by atoms with E-state index in [2.05, 4.69) is 30.9 Å². The van der Waals surface area contributed by atoms with E-state index in [4.69, 9.17) is 0 Å². The normalized spacial score (nSPS) is 10.3. The molecule has 0 fully saturated rings. The predicted octanol–water partition coefficient (Wildman–Crippen LogP) is 1.73. The molecule has 0 saturated carbocycles. The van der Waals surface area contributed by atoms with E-state index in [1.807, 2.05) is 13.1 Å². The molecule has 0 atom stereocenters. The average Bonchev–Trinajstić information content (AvgIpc) is 2.53. The van der Waals surface area contributed by atoms with Crippen LogP contribution in [0.3, 0.4) is 0 Å². The number of halogens is 1. The first-order chi connectivity index (χ1) is 6.25. The standard InChI is InChI=1S/C8H7BrN4/c1-6-4-13(5-12-6)8-10-2-7(9)3-11-8/h2-5H,1H3. The van der Waals surface area contributed by atoms with Gasteiger partial charge in [0.15, 0.2) is 0 Å². The summed E-state index contributed by atoms with van der Waals surface area (Å²) >= 11 is 3.27. The number of aryl methyl sites for hydroxylation is 1. The van der Waals surface area contributed by atoms with Crippen LogP contribution in [-0.2, 0) is 0 Å². The predicted molar refractivity (Wildman–Crippen MR) is 51.6 cm³/mol. The Morgan fingerprint density at radius 2 is 1.92 bits per heavy atom. The van der Waals surface area contributed by atoms with Gasteiger partial charge in [0.1, 0.15) is 6.33 Å². The molecule has 13 heavy (non-hydrogen) atoms. The summed E-state index contributed by atoms with van der Waals surface area (Å²) < 4.78 is 2.65. The molecule has 4 nitrogen and oxygen atoms in total. The fourth-order valence-corrected chi connectivity index (χ4v) is 1.17. The first kappa shape index (κ1) is 8.37. The number of aromatic nitrogens is 4. The van der Waals surface area contributed by atoms with Crippen LogP contribution in [0.5, 0.6) is 0 Å². The van der Waals surface area contributed by atoms with Gasteiger partial charge < -0.3 is 0 Å². The SMILES string of the molecule is Cc1cn(-c2ncc(Br)cn2)cn1. The molecule has 0 aliphatic heterocycles. The zero-order valence-electron chi connectivity index (χ0n) is 6.98. The van der Waals surface area contributed by atoms with E-state index in [-0.39, 0.29) is 0 Å². The van der Waals surface area contributed by atoms with Crippen molar-refractivity contribution in [1.29, 1.82) is 0 Å². The Labute approximate surface area is 83.8 Å². The van der Waals surface area contributed by atoms with Gasteiger partial charge in [0.2, 0.25) is 5.95 Å². The molecule has 66 valence electrons. The molecule has 0 spiro atoms. The van der Waals surface area contributed by atoms with Crippen molar-refractivity contribution in [3.8, 4) is 5.95 Å². The molecular weight excluding hydrogens is 232 g/mol. The minimum atomic E-state index is 0.629. The largest absolute Gasteiger partial charge is 0.274 e. The fourth-order valence-electron chi connectivity index (χ4n) is 0.969. The Balaban J connectivity index is 2.41. The number of nitrogens with zero attached hydrogens (tertiary/aromatic N) is 4. The summed E-state index contributed by atoms with van der Waals surface area (Å²) in [5.74, 6) is 0.629. The van der Waals surface area contributed by atoms with Crippen molar-refractivity contribution in [3.63, 3.8) is 0 Å². The Hall–Kier alpha value is -1.23. The molecule has 2 heterocycles. The maximum absolute atomic E-state index is 4.13. The van der Waals surface area contributed by atoms with Crippen molar-refractivity contribution in [2.45, 2.75) is 6.92 Å². The summed E-state index contributed by atoms with van der Waals surface area (Å²) in [5, 5.41) is 0. The van der Waals surface area contributed by atoms with Gasteiger partial charge in [0, 0.05) is 18.6 Å². The van der Waals surface area contributed by atoms with Crippen LogP contribution in [0.1, 0.15) is 5.69 Å². The molecule has 0 aliphatic rings. The molecule has 5 heteroatoms. The van der Waals surface area contributed by atoms with Gasteiger partial charge in [-0.15, -0.1) is 0 Å². The first-order valence-electron chi connectivity index (χ1n) is 3.74. The van der Waals surface area contributed by atoms with E-state index in [0.717, 1.165) is 10.2 Å². The Bertz CT molecular complexity index is 406. The summed E-state index contributed by atoms with van der Waals surface area (Å²) in [6.45, 7) is 1.93. The van der Waals surface area contributed by atoms with Crippen LogP contribution in [0.25, 0.3) is 5.95 Å². The fraction of sp³-hybridized carbons (Fsp3) is 0.125. The Morgan fingerprint density at radius 1 is 1.23 bits per heavy atom. The highest BCUT2D eigenvalue weighted by Gasteiger charge is 1.99. The van der Waals surface area contributed by atoms with Crippen molar-refractivity contribution < 1.29 is 0 Å². The van der Waals surface area contributed by atoms with Crippen molar-refractivity contribution in [2.75, 3.05) is 0 Å². The van der Waals surface area contributed by atoms with Crippen LogP contribution in [0.2, 0.25) is 0 Å². The molecule has 0 amide bonds. The maximum Gasteiger partial charge on any atom is 0.234 e. The lowest BCUT2D eigenvalue weighted by Gasteiger charge is -1.97. The van der Waals surface area contributed by atoms with Gasteiger partial charge >= 0.3 is 0 Å². The van der Waals surface area contributed by atoms with Crippen LogP contribution >= 0.6 is 15.9 Å². The molecular formula is C8H7BrN4.